The van der Waals surface area contributed by atoms with Crippen molar-refractivity contribution in [3.8, 4) is 11.5 Å². The molecule has 102 valence electrons. The third-order valence-electron chi connectivity index (χ3n) is 3.49. The van der Waals surface area contributed by atoms with Crippen LogP contribution in [-0.2, 0) is 4.79 Å². The van der Waals surface area contributed by atoms with Gasteiger partial charge >= 0.3 is 0 Å². The van der Waals surface area contributed by atoms with E-state index in [9.17, 15) is 4.79 Å². The summed E-state index contributed by atoms with van der Waals surface area (Å²) in [6.45, 7) is 1.96. The second kappa shape index (κ2) is 5.48. The Labute approximate surface area is 112 Å². The highest BCUT2D eigenvalue weighted by Gasteiger charge is 2.27. The molecule has 1 amide bonds. The van der Waals surface area contributed by atoms with E-state index in [0.717, 1.165) is 13.0 Å². The molecule has 1 aromatic rings. The van der Waals surface area contributed by atoms with Gasteiger partial charge in [-0.1, -0.05) is 12.1 Å². The Balaban J connectivity index is 1.54. The monoisotopic (exact) mass is 262 g/mol. The molecule has 1 aromatic carbocycles. The average Bonchev–Trinajstić information content (AvgIpc) is 2.97. The molecule has 3 rings (SSSR count). The molecular formula is C14H18N2O3. The van der Waals surface area contributed by atoms with Crippen LogP contribution in [0, 0.1) is 0 Å². The Hall–Kier alpha value is -1.75. The Morgan fingerprint density at radius 2 is 2.21 bits per heavy atom. The zero-order chi connectivity index (χ0) is 13.1. The largest absolute Gasteiger partial charge is 0.485 e. The zero-order valence-electron chi connectivity index (χ0n) is 10.7. The fourth-order valence-corrected chi connectivity index (χ4v) is 2.42. The van der Waals surface area contributed by atoms with E-state index in [1.165, 1.54) is 6.42 Å². The predicted octanol–water partition coefficient (Wildman–Crippen LogP) is 0.695. The van der Waals surface area contributed by atoms with Crippen molar-refractivity contribution in [2.24, 2.45) is 0 Å². The SMILES string of the molecule is O=C(NC[C@H]1CCCN1)[C@H]1COc2ccccc2O1. The molecule has 2 N–H and O–H groups in total. The van der Waals surface area contributed by atoms with Crippen molar-refractivity contribution in [2.45, 2.75) is 25.0 Å². The number of fused-ring (bicyclic) bond motifs is 1. The first-order valence-corrected chi connectivity index (χ1v) is 6.72. The maximum Gasteiger partial charge on any atom is 0.264 e. The van der Waals surface area contributed by atoms with Crippen molar-refractivity contribution in [1.29, 1.82) is 0 Å². The van der Waals surface area contributed by atoms with Gasteiger partial charge in [-0.05, 0) is 31.5 Å². The second-order valence-corrected chi connectivity index (χ2v) is 4.90. The summed E-state index contributed by atoms with van der Waals surface area (Å²) in [7, 11) is 0. The van der Waals surface area contributed by atoms with Crippen LogP contribution in [-0.4, -0.2) is 37.7 Å². The molecule has 0 radical (unpaired) electrons. The van der Waals surface area contributed by atoms with Crippen LogP contribution in [0.25, 0.3) is 0 Å². The van der Waals surface area contributed by atoms with Gasteiger partial charge in [0, 0.05) is 12.6 Å². The van der Waals surface area contributed by atoms with E-state index in [-0.39, 0.29) is 12.5 Å². The standard InChI is InChI=1S/C14H18N2O3/c17-14(16-8-10-4-3-7-15-10)13-9-18-11-5-1-2-6-12(11)19-13/h1-2,5-6,10,13,15H,3-4,7-9H2,(H,16,17)/t10-,13-/m1/s1. The van der Waals surface area contributed by atoms with Crippen LogP contribution in [0.15, 0.2) is 24.3 Å². The molecule has 1 saturated heterocycles. The lowest BCUT2D eigenvalue weighted by Gasteiger charge is -2.26. The lowest BCUT2D eigenvalue weighted by Crippen LogP contribution is -2.47. The van der Waals surface area contributed by atoms with E-state index >= 15 is 0 Å². The summed E-state index contributed by atoms with van der Waals surface area (Å²) < 4.78 is 11.2. The fourth-order valence-electron chi connectivity index (χ4n) is 2.42. The average molecular weight is 262 g/mol. The molecule has 0 aromatic heterocycles. The maximum atomic E-state index is 12.0. The van der Waals surface area contributed by atoms with E-state index < -0.39 is 6.10 Å². The summed E-state index contributed by atoms with van der Waals surface area (Å²) in [5.74, 6) is 1.22. The second-order valence-electron chi connectivity index (χ2n) is 4.90. The Morgan fingerprint density at radius 1 is 1.37 bits per heavy atom. The highest BCUT2D eigenvalue weighted by molar-refractivity contribution is 5.81. The minimum Gasteiger partial charge on any atom is -0.485 e. The lowest BCUT2D eigenvalue weighted by molar-refractivity contribution is -0.130. The summed E-state index contributed by atoms with van der Waals surface area (Å²) in [4.78, 5) is 12.0. The number of carbonyl (C=O) groups is 1. The van der Waals surface area contributed by atoms with Crippen LogP contribution in [0.3, 0.4) is 0 Å². The molecule has 5 nitrogen and oxygen atoms in total. The van der Waals surface area contributed by atoms with Gasteiger partial charge in [0.25, 0.3) is 5.91 Å². The van der Waals surface area contributed by atoms with E-state index in [2.05, 4.69) is 10.6 Å². The fraction of sp³-hybridized carbons (Fsp3) is 0.500. The van der Waals surface area contributed by atoms with Crippen LogP contribution in [0.2, 0.25) is 0 Å². The molecule has 2 heterocycles. The first-order chi connectivity index (χ1) is 9.33. The number of nitrogens with one attached hydrogen (secondary N) is 2. The van der Waals surface area contributed by atoms with Crippen LogP contribution < -0.4 is 20.1 Å². The van der Waals surface area contributed by atoms with Crippen molar-refractivity contribution in [3.63, 3.8) is 0 Å². The van der Waals surface area contributed by atoms with E-state index in [4.69, 9.17) is 9.47 Å². The normalized spacial score (nSPS) is 25.1. The third kappa shape index (κ3) is 2.81. The summed E-state index contributed by atoms with van der Waals surface area (Å²) in [5, 5.41) is 6.26. The van der Waals surface area contributed by atoms with Crippen molar-refractivity contribution in [1.82, 2.24) is 10.6 Å². The third-order valence-corrected chi connectivity index (χ3v) is 3.49. The van der Waals surface area contributed by atoms with Gasteiger partial charge in [-0.2, -0.15) is 0 Å². The minimum atomic E-state index is -0.559. The maximum absolute atomic E-state index is 12.0. The van der Waals surface area contributed by atoms with Gasteiger partial charge in [0.05, 0.1) is 0 Å². The quantitative estimate of drug-likeness (QED) is 0.841. The summed E-state index contributed by atoms with van der Waals surface area (Å²) >= 11 is 0. The highest BCUT2D eigenvalue weighted by Crippen LogP contribution is 2.30. The van der Waals surface area contributed by atoms with Gasteiger partial charge in [0.1, 0.15) is 6.61 Å². The molecule has 0 aliphatic carbocycles. The first kappa shape index (κ1) is 12.3. The number of amides is 1. The predicted molar refractivity (Wildman–Crippen MR) is 70.4 cm³/mol. The van der Waals surface area contributed by atoms with Gasteiger partial charge in [0.2, 0.25) is 6.10 Å². The smallest absolute Gasteiger partial charge is 0.264 e. The van der Waals surface area contributed by atoms with Gasteiger partial charge in [-0.25, -0.2) is 0 Å². The topological polar surface area (TPSA) is 59.6 Å². The van der Waals surface area contributed by atoms with Crippen molar-refractivity contribution >= 4 is 5.91 Å². The number of hydrogen-bond donors (Lipinski definition) is 2. The van der Waals surface area contributed by atoms with Gasteiger partial charge in [-0.15, -0.1) is 0 Å². The Morgan fingerprint density at radius 3 is 3.00 bits per heavy atom. The van der Waals surface area contributed by atoms with Crippen molar-refractivity contribution in [2.75, 3.05) is 19.7 Å². The molecule has 0 spiro atoms. The molecule has 2 aliphatic rings. The van der Waals surface area contributed by atoms with E-state index in [1.807, 2.05) is 24.3 Å². The van der Waals surface area contributed by atoms with Crippen LogP contribution in [0.1, 0.15) is 12.8 Å². The summed E-state index contributed by atoms with van der Waals surface area (Å²) in [5.41, 5.74) is 0. The number of hydrogen-bond acceptors (Lipinski definition) is 4. The van der Waals surface area contributed by atoms with Crippen LogP contribution in [0.4, 0.5) is 0 Å². The molecule has 1 fully saturated rings. The van der Waals surface area contributed by atoms with Gasteiger partial charge in [-0.3, -0.25) is 4.79 Å². The number of para-hydroxylation sites is 2. The van der Waals surface area contributed by atoms with Gasteiger partial charge < -0.3 is 20.1 Å². The van der Waals surface area contributed by atoms with Gasteiger partial charge in [0.15, 0.2) is 11.5 Å². The molecular weight excluding hydrogens is 244 g/mol. The molecule has 0 unspecified atom stereocenters. The summed E-state index contributed by atoms with van der Waals surface area (Å²) in [6, 6.07) is 7.79. The van der Waals surface area contributed by atoms with Crippen molar-refractivity contribution in [3.05, 3.63) is 24.3 Å². The van der Waals surface area contributed by atoms with Crippen LogP contribution in [0.5, 0.6) is 11.5 Å². The zero-order valence-corrected chi connectivity index (χ0v) is 10.7. The van der Waals surface area contributed by atoms with Crippen LogP contribution >= 0.6 is 0 Å². The number of benzene rings is 1. The molecule has 2 aliphatic heterocycles. The molecule has 19 heavy (non-hydrogen) atoms. The Kier molecular flexibility index (Phi) is 3.55. The Bertz CT molecular complexity index is 458. The number of ether oxygens (including phenoxy) is 2. The van der Waals surface area contributed by atoms with E-state index in [1.54, 1.807) is 0 Å². The lowest BCUT2D eigenvalue weighted by atomic mass is 10.2. The minimum absolute atomic E-state index is 0.108. The molecule has 0 saturated carbocycles. The number of carbonyl (C=O) groups excluding carboxylic acids is 1. The van der Waals surface area contributed by atoms with Crippen molar-refractivity contribution < 1.29 is 14.3 Å². The highest BCUT2D eigenvalue weighted by atomic mass is 16.6. The van der Waals surface area contributed by atoms with E-state index in [0.29, 0.717) is 24.1 Å². The molecule has 5 heteroatoms. The first-order valence-electron chi connectivity index (χ1n) is 6.72. The molecule has 2 atom stereocenters. The molecule has 0 bridgehead atoms. The number of rotatable bonds is 3. The summed E-state index contributed by atoms with van der Waals surface area (Å²) in [6.07, 6.45) is 1.73.